The largest absolute Gasteiger partial charge is 0.490 e. The lowest BCUT2D eigenvalue weighted by atomic mass is 10.2. The predicted octanol–water partition coefficient (Wildman–Crippen LogP) is 1.96. The number of anilines is 1. The summed E-state index contributed by atoms with van der Waals surface area (Å²) in [7, 11) is 0. The van der Waals surface area contributed by atoms with Crippen molar-refractivity contribution >= 4 is 11.6 Å². The van der Waals surface area contributed by atoms with E-state index in [1.54, 1.807) is 17.9 Å². The van der Waals surface area contributed by atoms with Crippen LogP contribution in [0.25, 0.3) is 0 Å². The van der Waals surface area contributed by atoms with Gasteiger partial charge < -0.3 is 9.64 Å². The SMILES string of the molecule is CCC(=O)N1CCOc2ccc(F)cc21. The summed E-state index contributed by atoms with van der Waals surface area (Å²) in [6, 6.07) is 4.22. The topological polar surface area (TPSA) is 29.5 Å². The molecule has 0 fully saturated rings. The molecule has 0 aromatic heterocycles. The summed E-state index contributed by atoms with van der Waals surface area (Å²) in [4.78, 5) is 13.2. The Hall–Kier alpha value is -1.58. The predicted molar refractivity (Wildman–Crippen MR) is 54.5 cm³/mol. The zero-order valence-corrected chi connectivity index (χ0v) is 8.50. The third-order valence-electron chi connectivity index (χ3n) is 2.39. The van der Waals surface area contributed by atoms with E-state index >= 15 is 0 Å². The molecule has 1 aromatic carbocycles. The maximum atomic E-state index is 13.0. The van der Waals surface area contributed by atoms with Crippen LogP contribution in [0.4, 0.5) is 10.1 Å². The number of carbonyl (C=O) groups excluding carboxylic acids is 1. The van der Waals surface area contributed by atoms with Crippen molar-refractivity contribution in [1.29, 1.82) is 0 Å². The van der Waals surface area contributed by atoms with Gasteiger partial charge in [-0.15, -0.1) is 0 Å². The Kier molecular flexibility index (Phi) is 2.58. The molecule has 0 atom stereocenters. The lowest BCUT2D eigenvalue weighted by Crippen LogP contribution is -2.37. The molecule has 2 rings (SSSR count). The summed E-state index contributed by atoms with van der Waals surface area (Å²) in [5.41, 5.74) is 0.535. The zero-order valence-electron chi connectivity index (χ0n) is 8.50. The van der Waals surface area contributed by atoms with Crippen LogP contribution in [-0.4, -0.2) is 19.1 Å². The van der Waals surface area contributed by atoms with Crippen molar-refractivity contribution in [3.8, 4) is 5.75 Å². The molecule has 4 heteroatoms. The molecule has 0 bridgehead atoms. The number of hydrogen-bond acceptors (Lipinski definition) is 2. The summed E-state index contributed by atoms with van der Waals surface area (Å²) in [6.07, 6.45) is 0.413. The number of amides is 1. The normalized spacial score (nSPS) is 14.4. The fourth-order valence-electron chi connectivity index (χ4n) is 1.64. The number of nitrogens with zero attached hydrogens (tertiary/aromatic N) is 1. The van der Waals surface area contributed by atoms with E-state index in [-0.39, 0.29) is 11.7 Å². The van der Waals surface area contributed by atoms with Crippen LogP contribution in [-0.2, 0) is 4.79 Å². The summed E-state index contributed by atoms with van der Waals surface area (Å²) < 4.78 is 18.4. The molecule has 0 spiro atoms. The van der Waals surface area contributed by atoms with Crippen molar-refractivity contribution in [2.45, 2.75) is 13.3 Å². The molecule has 1 aliphatic rings. The molecule has 3 nitrogen and oxygen atoms in total. The van der Waals surface area contributed by atoms with E-state index in [0.29, 0.717) is 31.0 Å². The Labute approximate surface area is 87.5 Å². The first-order chi connectivity index (χ1) is 7.22. The first-order valence-electron chi connectivity index (χ1n) is 4.95. The number of fused-ring (bicyclic) bond motifs is 1. The number of benzene rings is 1. The smallest absolute Gasteiger partial charge is 0.226 e. The lowest BCUT2D eigenvalue weighted by Gasteiger charge is -2.29. The number of ether oxygens (including phenoxy) is 1. The monoisotopic (exact) mass is 209 g/mol. The lowest BCUT2D eigenvalue weighted by molar-refractivity contribution is -0.118. The van der Waals surface area contributed by atoms with Crippen LogP contribution < -0.4 is 9.64 Å². The number of carbonyl (C=O) groups is 1. The third kappa shape index (κ3) is 1.79. The Morgan fingerprint density at radius 2 is 2.40 bits per heavy atom. The van der Waals surface area contributed by atoms with Crippen LogP contribution in [0.2, 0.25) is 0 Å². The summed E-state index contributed by atoms with van der Waals surface area (Å²) in [5, 5.41) is 0. The average molecular weight is 209 g/mol. The first-order valence-corrected chi connectivity index (χ1v) is 4.95. The van der Waals surface area contributed by atoms with Crippen LogP contribution in [0.3, 0.4) is 0 Å². The van der Waals surface area contributed by atoms with Crippen molar-refractivity contribution in [1.82, 2.24) is 0 Å². The van der Waals surface area contributed by atoms with Gasteiger partial charge in [0.2, 0.25) is 5.91 Å². The van der Waals surface area contributed by atoms with Crippen molar-refractivity contribution in [2.75, 3.05) is 18.1 Å². The Balaban J connectivity index is 2.40. The molecular formula is C11H12FNO2. The fraction of sp³-hybridized carbons (Fsp3) is 0.364. The van der Waals surface area contributed by atoms with Gasteiger partial charge in [0, 0.05) is 12.5 Å². The molecule has 0 radical (unpaired) electrons. The average Bonchev–Trinajstić information content (AvgIpc) is 2.27. The number of hydrogen-bond donors (Lipinski definition) is 0. The van der Waals surface area contributed by atoms with Gasteiger partial charge in [0.05, 0.1) is 12.2 Å². The van der Waals surface area contributed by atoms with E-state index in [1.165, 1.54) is 12.1 Å². The van der Waals surface area contributed by atoms with Crippen LogP contribution in [0, 0.1) is 5.82 Å². The van der Waals surface area contributed by atoms with Crippen molar-refractivity contribution in [3.63, 3.8) is 0 Å². The Morgan fingerprint density at radius 3 is 3.13 bits per heavy atom. The summed E-state index contributed by atoms with van der Waals surface area (Å²) >= 11 is 0. The van der Waals surface area contributed by atoms with E-state index in [4.69, 9.17) is 4.74 Å². The minimum Gasteiger partial charge on any atom is -0.490 e. The van der Waals surface area contributed by atoms with Crippen LogP contribution >= 0.6 is 0 Å². The highest BCUT2D eigenvalue weighted by atomic mass is 19.1. The van der Waals surface area contributed by atoms with E-state index in [0.717, 1.165) is 0 Å². The summed E-state index contributed by atoms with van der Waals surface area (Å²) in [5.74, 6) is 0.211. The van der Waals surface area contributed by atoms with Crippen molar-refractivity contribution in [3.05, 3.63) is 24.0 Å². The molecule has 15 heavy (non-hydrogen) atoms. The molecule has 0 saturated heterocycles. The van der Waals surface area contributed by atoms with Gasteiger partial charge in [0.15, 0.2) is 0 Å². The fourth-order valence-corrected chi connectivity index (χ4v) is 1.64. The van der Waals surface area contributed by atoms with Gasteiger partial charge in [-0.1, -0.05) is 6.92 Å². The van der Waals surface area contributed by atoms with E-state index in [9.17, 15) is 9.18 Å². The molecular weight excluding hydrogens is 197 g/mol. The van der Waals surface area contributed by atoms with Crippen LogP contribution in [0.1, 0.15) is 13.3 Å². The molecule has 80 valence electrons. The van der Waals surface area contributed by atoms with E-state index in [1.807, 2.05) is 0 Å². The second kappa shape index (κ2) is 3.88. The molecule has 1 aromatic rings. The van der Waals surface area contributed by atoms with Gasteiger partial charge in [-0.05, 0) is 12.1 Å². The quantitative estimate of drug-likeness (QED) is 0.707. The van der Waals surface area contributed by atoms with Crippen LogP contribution in [0.15, 0.2) is 18.2 Å². The molecule has 0 N–H and O–H groups in total. The van der Waals surface area contributed by atoms with Gasteiger partial charge in [-0.2, -0.15) is 0 Å². The van der Waals surface area contributed by atoms with Gasteiger partial charge in [0.25, 0.3) is 0 Å². The molecule has 0 unspecified atom stereocenters. The highest BCUT2D eigenvalue weighted by molar-refractivity contribution is 5.95. The standard InChI is InChI=1S/C11H12FNO2/c1-2-11(14)13-5-6-15-10-4-3-8(12)7-9(10)13/h3-4,7H,2,5-6H2,1H3. The molecule has 0 saturated carbocycles. The molecule has 1 heterocycles. The van der Waals surface area contributed by atoms with Gasteiger partial charge in [-0.3, -0.25) is 4.79 Å². The first kappa shape index (κ1) is 9.96. The highest BCUT2D eigenvalue weighted by Crippen LogP contribution is 2.32. The molecule has 1 amide bonds. The van der Waals surface area contributed by atoms with Gasteiger partial charge >= 0.3 is 0 Å². The van der Waals surface area contributed by atoms with Crippen molar-refractivity contribution in [2.24, 2.45) is 0 Å². The minimum absolute atomic E-state index is 0.00912. The Bertz CT molecular complexity index is 392. The zero-order chi connectivity index (χ0) is 10.8. The van der Waals surface area contributed by atoms with Crippen molar-refractivity contribution < 1.29 is 13.9 Å². The van der Waals surface area contributed by atoms with E-state index in [2.05, 4.69) is 0 Å². The Morgan fingerprint density at radius 1 is 1.60 bits per heavy atom. The van der Waals surface area contributed by atoms with Gasteiger partial charge in [0.1, 0.15) is 18.2 Å². The maximum Gasteiger partial charge on any atom is 0.226 e. The van der Waals surface area contributed by atoms with Gasteiger partial charge in [-0.25, -0.2) is 4.39 Å². The third-order valence-corrected chi connectivity index (χ3v) is 2.39. The molecule has 1 aliphatic heterocycles. The number of rotatable bonds is 1. The van der Waals surface area contributed by atoms with E-state index < -0.39 is 0 Å². The molecule has 0 aliphatic carbocycles. The maximum absolute atomic E-state index is 13.0. The summed E-state index contributed by atoms with van der Waals surface area (Å²) in [6.45, 7) is 2.74. The number of halogens is 1. The van der Waals surface area contributed by atoms with Crippen LogP contribution in [0.5, 0.6) is 5.75 Å². The second-order valence-electron chi connectivity index (χ2n) is 3.36. The minimum atomic E-state index is -0.354. The highest BCUT2D eigenvalue weighted by Gasteiger charge is 2.22. The second-order valence-corrected chi connectivity index (χ2v) is 3.36.